The molecule has 2 aliphatic heterocycles. The summed E-state index contributed by atoms with van der Waals surface area (Å²) in [6.45, 7) is 0. The molecule has 100 valence electrons. The zero-order chi connectivity index (χ0) is 12.9. The molecule has 2 saturated heterocycles. The van der Waals surface area contributed by atoms with Crippen molar-refractivity contribution in [3.8, 4) is 0 Å². The van der Waals surface area contributed by atoms with Crippen LogP contribution in [0.4, 0.5) is 0 Å². The van der Waals surface area contributed by atoms with Gasteiger partial charge in [0.2, 0.25) is 0 Å². The maximum absolute atomic E-state index is 11.1. The van der Waals surface area contributed by atoms with E-state index in [1.54, 1.807) is 6.26 Å². The van der Waals surface area contributed by atoms with Crippen LogP contribution in [0.1, 0.15) is 37.7 Å². The van der Waals surface area contributed by atoms with Gasteiger partial charge in [-0.1, -0.05) is 12.5 Å². The summed E-state index contributed by atoms with van der Waals surface area (Å²) < 4.78 is 5.38. The average molecular weight is 274 g/mol. The van der Waals surface area contributed by atoms with Crippen molar-refractivity contribution in [2.75, 3.05) is 0 Å². The zero-order valence-electron chi connectivity index (χ0n) is 10.8. The van der Waals surface area contributed by atoms with Crippen molar-refractivity contribution in [3.05, 3.63) is 36.1 Å². The van der Waals surface area contributed by atoms with E-state index in [0.717, 1.165) is 29.4 Å². The summed E-state index contributed by atoms with van der Waals surface area (Å²) in [6.07, 6.45) is 7.37. The fourth-order valence-electron chi connectivity index (χ4n) is 3.61. The highest BCUT2D eigenvalue weighted by atomic mass is 32.2. The third kappa shape index (κ3) is 2.00. The van der Waals surface area contributed by atoms with Crippen molar-refractivity contribution in [1.29, 1.82) is 0 Å². The third-order valence-corrected chi connectivity index (χ3v) is 6.13. The number of thioether (sulfide) groups is 1. The van der Waals surface area contributed by atoms with Crippen LogP contribution in [0, 0.1) is 0 Å². The van der Waals surface area contributed by atoms with Gasteiger partial charge >= 0.3 is 0 Å². The van der Waals surface area contributed by atoms with Gasteiger partial charge in [0.1, 0.15) is 5.58 Å². The summed E-state index contributed by atoms with van der Waals surface area (Å²) in [4.78, 5) is 0. The second-order valence-corrected chi connectivity index (χ2v) is 7.53. The van der Waals surface area contributed by atoms with Crippen LogP contribution in [-0.2, 0) is 5.60 Å². The van der Waals surface area contributed by atoms with E-state index >= 15 is 0 Å². The van der Waals surface area contributed by atoms with Gasteiger partial charge in [0, 0.05) is 15.9 Å². The van der Waals surface area contributed by atoms with Crippen molar-refractivity contribution in [3.63, 3.8) is 0 Å². The lowest BCUT2D eigenvalue weighted by Crippen LogP contribution is -2.40. The fraction of sp³-hybridized carbons (Fsp3) is 0.500. The number of rotatable bonds is 1. The summed E-state index contributed by atoms with van der Waals surface area (Å²) in [5.74, 6) is 0. The summed E-state index contributed by atoms with van der Waals surface area (Å²) in [7, 11) is 0. The van der Waals surface area contributed by atoms with Gasteiger partial charge < -0.3 is 9.52 Å². The second-order valence-electron chi connectivity index (χ2n) is 5.92. The number of hydrogen-bond donors (Lipinski definition) is 1. The van der Waals surface area contributed by atoms with Crippen LogP contribution < -0.4 is 0 Å². The number of fused-ring (bicyclic) bond motifs is 3. The first-order valence-corrected chi connectivity index (χ1v) is 8.03. The summed E-state index contributed by atoms with van der Waals surface area (Å²) in [5.41, 5.74) is 1.34. The van der Waals surface area contributed by atoms with Crippen LogP contribution in [0.5, 0.6) is 0 Å². The van der Waals surface area contributed by atoms with Crippen molar-refractivity contribution in [2.45, 2.75) is 48.2 Å². The highest BCUT2D eigenvalue weighted by Crippen LogP contribution is 2.49. The van der Waals surface area contributed by atoms with E-state index in [-0.39, 0.29) is 0 Å². The van der Waals surface area contributed by atoms with E-state index in [4.69, 9.17) is 4.42 Å². The van der Waals surface area contributed by atoms with Crippen molar-refractivity contribution >= 4 is 22.7 Å². The van der Waals surface area contributed by atoms with Crippen LogP contribution in [-0.4, -0.2) is 15.6 Å². The predicted molar refractivity (Wildman–Crippen MR) is 78.4 cm³/mol. The van der Waals surface area contributed by atoms with E-state index in [0.29, 0.717) is 10.5 Å². The number of aliphatic hydroxyl groups is 1. The Balaban J connectivity index is 1.72. The molecular weight excluding hydrogens is 256 g/mol. The van der Waals surface area contributed by atoms with E-state index in [1.807, 2.05) is 18.2 Å². The molecule has 4 rings (SSSR count). The van der Waals surface area contributed by atoms with Gasteiger partial charge in [-0.15, -0.1) is 0 Å². The minimum atomic E-state index is -0.632. The Morgan fingerprint density at radius 2 is 1.95 bits per heavy atom. The first kappa shape index (κ1) is 11.9. The number of hydrogen-bond acceptors (Lipinski definition) is 3. The van der Waals surface area contributed by atoms with Crippen molar-refractivity contribution < 1.29 is 9.52 Å². The van der Waals surface area contributed by atoms with Gasteiger partial charge in [-0.05, 0) is 49.4 Å². The lowest BCUT2D eigenvalue weighted by molar-refractivity contribution is 0.00824. The second kappa shape index (κ2) is 4.29. The minimum absolute atomic E-state index is 0.632. The predicted octanol–water partition coefficient (Wildman–Crippen LogP) is 4.07. The standard InChI is InChI=1S/C16H18O2S/c17-16(9-13-2-1-3-14(10-16)19-13)12-4-5-15-11(8-12)6-7-18-15/h4-8,13-14,17H,1-3,9-10H2. The Morgan fingerprint density at radius 3 is 2.74 bits per heavy atom. The third-order valence-electron chi connectivity index (χ3n) is 4.56. The van der Waals surface area contributed by atoms with Gasteiger partial charge in [0.15, 0.2) is 0 Å². The average Bonchev–Trinajstić information content (AvgIpc) is 2.85. The van der Waals surface area contributed by atoms with Gasteiger partial charge in [0.25, 0.3) is 0 Å². The Labute approximate surface area is 117 Å². The van der Waals surface area contributed by atoms with Gasteiger partial charge in [-0.25, -0.2) is 0 Å². The maximum atomic E-state index is 11.1. The monoisotopic (exact) mass is 274 g/mol. The van der Waals surface area contributed by atoms with E-state index in [2.05, 4.69) is 17.8 Å². The molecule has 2 aromatic rings. The Kier molecular flexibility index (Phi) is 2.68. The Bertz CT molecular complexity index is 592. The normalized spacial score (nSPS) is 34.6. The number of benzene rings is 1. The highest BCUT2D eigenvalue weighted by Gasteiger charge is 2.42. The van der Waals surface area contributed by atoms with E-state index in [9.17, 15) is 5.11 Å². The molecule has 3 heterocycles. The van der Waals surface area contributed by atoms with Gasteiger partial charge in [-0.2, -0.15) is 11.8 Å². The lowest BCUT2D eigenvalue weighted by atomic mass is 9.80. The molecule has 2 fully saturated rings. The smallest absolute Gasteiger partial charge is 0.133 e. The molecular formula is C16H18O2S. The first-order valence-electron chi connectivity index (χ1n) is 7.08. The molecule has 2 unspecified atom stereocenters. The van der Waals surface area contributed by atoms with Crippen LogP contribution in [0.2, 0.25) is 0 Å². The summed E-state index contributed by atoms with van der Waals surface area (Å²) >= 11 is 2.10. The van der Waals surface area contributed by atoms with Crippen LogP contribution in [0.3, 0.4) is 0 Å². The Hall–Kier alpha value is -0.930. The molecule has 3 heteroatoms. The molecule has 1 aromatic carbocycles. The van der Waals surface area contributed by atoms with Crippen molar-refractivity contribution in [2.24, 2.45) is 0 Å². The molecule has 0 radical (unpaired) electrons. The molecule has 2 nitrogen and oxygen atoms in total. The molecule has 0 spiro atoms. The minimum Gasteiger partial charge on any atom is -0.464 e. The quantitative estimate of drug-likeness (QED) is 0.851. The van der Waals surface area contributed by atoms with Crippen molar-refractivity contribution in [1.82, 2.24) is 0 Å². The SMILES string of the molecule is OC1(c2ccc3occc3c2)CC2CCCC(C1)S2. The molecule has 2 bridgehead atoms. The molecule has 2 atom stereocenters. The van der Waals surface area contributed by atoms with Crippen LogP contribution >= 0.6 is 11.8 Å². The van der Waals surface area contributed by atoms with Gasteiger partial charge in [0.05, 0.1) is 11.9 Å². The molecule has 2 aliphatic rings. The first-order chi connectivity index (χ1) is 9.23. The van der Waals surface area contributed by atoms with Crippen LogP contribution in [0.15, 0.2) is 34.9 Å². The molecule has 1 aromatic heterocycles. The van der Waals surface area contributed by atoms with E-state index < -0.39 is 5.60 Å². The Morgan fingerprint density at radius 1 is 1.16 bits per heavy atom. The lowest BCUT2D eigenvalue weighted by Gasteiger charge is -2.44. The summed E-state index contributed by atoms with van der Waals surface area (Å²) in [6, 6.07) is 8.10. The highest BCUT2D eigenvalue weighted by molar-refractivity contribution is 8.00. The molecule has 19 heavy (non-hydrogen) atoms. The largest absolute Gasteiger partial charge is 0.464 e. The molecule has 0 aliphatic carbocycles. The molecule has 0 amide bonds. The van der Waals surface area contributed by atoms with E-state index in [1.165, 1.54) is 19.3 Å². The van der Waals surface area contributed by atoms with Crippen LogP contribution in [0.25, 0.3) is 11.0 Å². The summed E-state index contributed by atoms with van der Waals surface area (Å²) in [5, 5.41) is 13.5. The number of furan rings is 1. The molecule has 0 saturated carbocycles. The fourth-order valence-corrected chi connectivity index (χ4v) is 5.50. The zero-order valence-corrected chi connectivity index (χ0v) is 11.7. The maximum Gasteiger partial charge on any atom is 0.133 e. The molecule has 1 N–H and O–H groups in total. The topological polar surface area (TPSA) is 33.4 Å². The van der Waals surface area contributed by atoms with Gasteiger partial charge in [-0.3, -0.25) is 0 Å².